The van der Waals surface area contributed by atoms with Crippen molar-refractivity contribution in [3.05, 3.63) is 72.8 Å². The molecule has 3 heteroatoms. The molecule has 2 nitrogen and oxygen atoms in total. The van der Waals surface area contributed by atoms with Gasteiger partial charge < -0.3 is 0 Å². The van der Waals surface area contributed by atoms with Crippen LogP contribution in [0.2, 0.25) is 0 Å². The number of aliphatic imine (C=N–C) groups is 2. The molecule has 0 aromatic heterocycles. The second-order valence-electron chi connectivity index (χ2n) is 8.14. The summed E-state index contributed by atoms with van der Waals surface area (Å²) < 4.78 is 0. The van der Waals surface area contributed by atoms with E-state index in [2.05, 4.69) is 50.3 Å². The molecule has 0 heterocycles. The van der Waals surface area contributed by atoms with E-state index < -0.39 is 0 Å². The zero-order chi connectivity index (χ0) is 22.0. The van der Waals surface area contributed by atoms with Crippen LogP contribution in [0.3, 0.4) is 0 Å². The van der Waals surface area contributed by atoms with Crippen molar-refractivity contribution in [1.29, 1.82) is 0 Å². The van der Waals surface area contributed by atoms with Crippen molar-refractivity contribution >= 4 is 22.8 Å². The second-order valence-corrected chi connectivity index (χ2v) is 8.14. The smallest absolute Gasteiger partial charge is 0.0848 e. The van der Waals surface area contributed by atoms with Crippen LogP contribution in [-0.4, -0.2) is 11.4 Å². The summed E-state index contributed by atoms with van der Waals surface area (Å²) >= 11 is 0. The van der Waals surface area contributed by atoms with Crippen LogP contribution in [0.4, 0.5) is 11.4 Å². The molecular weight excluding hydrogens is 483 g/mol. The van der Waals surface area contributed by atoms with Gasteiger partial charge in [-0.15, -0.1) is 0 Å². The first-order valence-corrected chi connectivity index (χ1v) is 12.3. The summed E-state index contributed by atoms with van der Waals surface area (Å²) in [6.45, 7) is 4.50. The Morgan fingerprint density at radius 3 is 1.78 bits per heavy atom. The van der Waals surface area contributed by atoms with E-state index in [1.54, 1.807) is 0 Å². The Labute approximate surface area is 210 Å². The van der Waals surface area contributed by atoms with E-state index in [1.807, 2.05) is 36.4 Å². The molecular formula is C29H40N2Pd. The first kappa shape index (κ1) is 28.2. The van der Waals surface area contributed by atoms with Crippen LogP contribution in [0.25, 0.3) is 0 Å². The first-order chi connectivity index (χ1) is 15.3. The van der Waals surface area contributed by atoms with E-state index >= 15 is 0 Å². The zero-order valence-electron chi connectivity index (χ0n) is 19.9. The summed E-state index contributed by atoms with van der Waals surface area (Å²) in [4.78, 5) is 9.96. The van der Waals surface area contributed by atoms with Gasteiger partial charge in [0, 0.05) is 20.4 Å². The number of unbranched alkanes of at least 4 members (excludes halogenated alkanes) is 8. The van der Waals surface area contributed by atoms with Crippen molar-refractivity contribution < 1.29 is 20.4 Å². The topological polar surface area (TPSA) is 24.7 Å². The Morgan fingerprint density at radius 2 is 1.19 bits per heavy atom. The van der Waals surface area contributed by atoms with E-state index in [0.717, 1.165) is 48.5 Å². The third kappa shape index (κ3) is 12.3. The predicted molar refractivity (Wildman–Crippen MR) is 138 cm³/mol. The monoisotopic (exact) mass is 522 g/mol. The molecule has 0 bridgehead atoms. The average Bonchev–Trinajstić information content (AvgIpc) is 2.81. The number of benzene rings is 2. The Balaban J connectivity index is 0.00000512. The van der Waals surface area contributed by atoms with Gasteiger partial charge in [-0.05, 0) is 56.0 Å². The molecule has 0 aliphatic rings. The standard InChI is InChI=1S/C29H40N2.Pd/c1-3-5-7-8-9-10-11-12-19-25-29(31-27-22-17-14-18-23-27)28(24-6-4-2)30-26-20-15-13-16-21-26;/h13-23,25H,3-12,24H2,1-2H3;. The maximum Gasteiger partial charge on any atom is 0.0848 e. The van der Waals surface area contributed by atoms with Crippen LogP contribution in [0, 0.1) is 0 Å². The van der Waals surface area contributed by atoms with Gasteiger partial charge in [-0.2, -0.15) is 0 Å². The van der Waals surface area contributed by atoms with Crippen LogP contribution in [0.15, 0.2) is 82.8 Å². The molecule has 176 valence electrons. The summed E-state index contributed by atoms with van der Waals surface area (Å²) in [5.74, 6) is 0. The van der Waals surface area contributed by atoms with Gasteiger partial charge >= 0.3 is 0 Å². The molecule has 0 atom stereocenters. The van der Waals surface area contributed by atoms with Crippen molar-refractivity contribution in [2.24, 2.45) is 9.98 Å². The summed E-state index contributed by atoms with van der Waals surface area (Å²) in [6.07, 6.45) is 18.2. The van der Waals surface area contributed by atoms with Crippen molar-refractivity contribution in [3.63, 3.8) is 0 Å². The SMILES string of the molecule is CCCCCCCCCC=CC(=Nc1ccccc1)C(CCCC)=Nc1ccccc1.[Pd]. The van der Waals surface area contributed by atoms with Crippen LogP contribution < -0.4 is 0 Å². The molecule has 0 amide bonds. The number of allylic oxidation sites excluding steroid dienone is 2. The van der Waals surface area contributed by atoms with E-state index in [-0.39, 0.29) is 20.4 Å². The van der Waals surface area contributed by atoms with Gasteiger partial charge in [0.05, 0.1) is 22.8 Å². The molecule has 32 heavy (non-hydrogen) atoms. The number of hydrogen-bond donors (Lipinski definition) is 0. The number of rotatable bonds is 15. The van der Waals surface area contributed by atoms with Gasteiger partial charge in [0.15, 0.2) is 0 Å². The first-order valence-electron chi connectivity index (χ1n) is 12.3. The zero-order valence-corrected chi connectivity index (χ0v) is 21.5. The van der Waals surface area contributed by atoms with Crippen molar-refractivity contribution in [2.45, 2.75) is 84.5 Å². The van der Waals surface area contributed by atoms with E-state index in [9.17, 15) is 0 Å². The molecule has 0 aliphatic carbocycles. The average molecular weight is 523 g/mol. The normalized spacial score (nSPS) is 12.2. The van der Waals surface area contributed by atoms with Gasteiger partial charge in [0.25, 0.3) is 0 Å². The fraction of sp³-hybridized carbons (Fsp3) is 0.448. The number of para-hydroxylation sites is 2. The molecule has 0 fully saturated rings. The molecule has 0 N–H and O–H groups in total. The minimum atomic E-state index is 0. The molecule has 2 aromatic carbocycles. The van der Waals surface area contributed by atoms with Crippen LogP contribution in [0.5, 0.6) is 0 Å². The molecule has 0 unspecified atom stereocenters. The van der Waals surface area contributed by atoms with Crippen molar-refractivity contribution in [2.75, 3.05) is 0 Å². The number of nitrogens with zero attached hydrogens (tertiary/aromatic N) is 2. The van der Waals surface area contributed by atoms with Gasteiger partial charge in [0.2, 0.25) is 0 Å². The quantitative estimate of drug-likeness (QED) is 0.126. The molecule has 2 aromatic rings. The Hall–Kier alpha value is -1.82. The minimum absolute atomic E-state index is 0. The van der Waals surface area contributed by atoms with Crippen LogP contribution >= 0.6 is 0 Å². The van der Waals surface area contributed by atoms with Gasteiger partial charge in [0.1, 0.15) is 0 Å². The summed E-state index contributed by atoms with van der Waals surface area (Å²) in [5, 5.41) is 0. The summed E-state index contributed by atoms with van der Waals surface area (Å²) in [6, 6.07) is 20.5. The van der Waals surface area contributed by atoms with Crippen molar-refractivity contribution in [1.82, 2.24) is 0 Å². The van der Waals surface area contributed by atoms with E-state index in [1.165, 1.54) is 44.9 Å². The van der Waals surface area contributed by atoms with Gasteiger partial charge in [-0.3, -0.25) is 4.99 Å². The van der Waals surface area contributed by atoms with Crippen molar-refractivity contribution in [3.8, 4) is 0 Å². The molecule has 0 radical (unpaired) electrons. The summed E-state index contributed by atoms with van der Waals surface area (Å²) in [5.41, 5.74) is 4.05. The Bertz CT molecular complexity index is 794. The van der Waals surface area contributed by atoms with Gasteiger partial charge in [-0.1, -0.05) is 101 Å². The maximum atomic E-state index is 4.98. The Morgan fingerprint density at radius 1 is 0.656 bits per heavy atom. The predicted octanol–water partition coefficient (Wildman–Crippen LogP) is 9.42. The van der Waals surface area contributed by atoms with E-state index in [4.69, 9.17) is 9.98 Å². The molecule has 0 saturated carbocycles. The minimum Gasteiger partial charge on any atom is -0.251 e. The fourth-order valence-corrected chi connectivity index (χ4v) is 3.50. The van der Waals surface area contributed by atoms with Crippen LogP contribution in [-0.2, 0) is 20.4 Å². The Kier molecular flexibility index (Phi) is 16.5. The maximum absolute atomic E-state index is 4.98. The molecule has 0 spiro atoms. The molecule has 2 rings (SSSR count). The van der Waals surface area contributed by atoms with Crippen LogP contribution in [0.1, 0.15) is 84.5 Å². The number of hydrogen-bond acceptors (Lipinski definition) is 2. The second kappa shape index (κ2) is 18.7. The fourth-order valence-electron chi connectivity index (χ4n) is 3.50. The van der Waals surface area contributed by atoms with Gasteiger partial charge in [-0.25, -0.2) is 4.99 Å². The molecule has 0 aliphatic heterocycles. The third-order valence-electron chi connectivity index (χ3n) is 5.34. The van der Waals surface area contributed by atoms with E-state index in [0.29, 0.717) is 0 Å². The summed E-state index contributed by atoms with van der Waals surface area (Å²) in [7, 11) is 0. The molecule has 0 saturated heterocycles. The largest absolute Gasteiger partial charge is 0.251 e. The third-order valence-corrected chi connectivity index (χ3v) is 5.34.